The normalized spacial score (nSPS) is 14.7. The molecule has 32 heavy (non-hydrogen) atoms. The second-order valence-corrected chi connectivity index (χ2v) is 8.19. The predicted octanol–water partition coefficient (Wildman–Crippen LogP) is 5.26. The third-order valence-electron chi connectivity index (χ3n) is 5.02. The highest BCUT2D eigenvalue weighted by Crippen LogP contribution is 2.33. The lowest BCUT2D eigenvalue weighted by atomic mass is 10.1. The Balaban J connectivity index is 1.36. The number of hydrogen-bond donors (Lipinski definition) is 1. The van der Waals surface area contributed by atoms with Gasteiger partial charge < -0.3 is 14.5 Å². The summed E-state index contributed by atoms with van der Waals surface area (Å²) < 4.78 is 11.3. The number of methoxy groups -OCH3 is 1. The van der Waals surface area contributed by atoms with Crippen LogP contribution in [0.5, 0.6) is 5.75 Å². The van der Waals surface area contributed by atoms with Crippen LogP contribution in [0.1, 0.15) is 11.3 Å². The van der Waals surface area contributed by atoms with Crippen molar-refractivity contribution >= 4 is 39.9 Å². The molecular weight excluding hydrogens is 422 g/mol. The molecule has 1 amide bonds. The zero-order valence-electron chi connectivity index (χ0n) is 17.2. The van der Waals surface area contributed by atoms with Gasteiger partial charge in [0.2, 0.25) is 0 Å². The molecule has 0 atom stereocenters. The van der Waals surface area contributed by atoms with Crippen LogP contribution in [0.2, 0.25) is 0 Å². The number of thioether (sulfide) groups is 1. The van der Waals surface area contributed by atoms with Crippen LogP contribution in [0.3, 0.4) is 0 Å². The third kappa shape index (κ3) is 4.15. The quantitative estimate of drug-likeness (QED) is 0.426. The average Bonchev–Trinajstić information content (AvgIpc) is 3.41. The first-order valence-electron chi connectivity index (χ1n) is 10.0. The molecular formula is C25H19N3O3S. The number of nitrogens with one attached hydrogen (secondary N) is 1. The molecule has 0 spiro atoms. The number of carbonyl (C=O) groups is 1. The van der Waals surface area contributed by atoms with Crippen LogP contribution in [-0.4, -0.2) is 23.2 Å². The Morgan fingerprint density at radius 1 is 1.09 bits per heavy atom. The number of hydrogen-bond acceptors (Lipinski definition) is 6. The van der Waals surface area contributed by atoms with Crippen molar-refractivity contribution in [2.24, 2.45) is 4.99 Å². The number of amidine groups is 1. The SMILES string of the molecule is COc1ccc(-c2cncc3cc(/C=C4/SC(NCc5ccccc5)=NC4=O)oc23)cc1. The summed E-state index contributed by atoms with van der Waals surface area (Å²) in [6.45, 7) is 0.606. The van der Waals surface area contributed by atoms with Crippen LogP contribution in [0.4, 0.5) is 0 Å². The highest BCUT2D eigenvalue weighted by Gasteiger charge is 2.22. The van der Waals surface area contributed by atoms with Crippen molar-refractivity contribution in [2.75, 3.05) is 7.11 Å². The maximum absolute atomic E-state index is 12.4. The fourth-order valence-electron chi connectivity index (χ4n) is 3.42. The molecule has 0 aliphatic carbocycles. The van der Waals surface area contributed by atoms with Crippen LogP contribution in [-0.2, 0) is 11.3 Å². The fourth-order valence-corrected chi connectivity index (χ4v) is 4.21. The minimum absolute atomic E-state index is 0.278. The van der Waals surface area contributed by atoms with Gasteiger partial charge in [0.25, 0.3) is 5.91 Å². The smallest absolute Gasteiger partial charge is 0.286 e. The monoisotopic (exact) mass is 441 g/mol. The lowest BCUT2D eigenvalue weighted by Crippen LogP contribution is -2.17. The molecule has 1 aliphatic rings. The molecule has 5 rings (SSSR count). The summed E-state index contributed by atoms with van der Waals surface area (Å²) in [7, 11) is 1.64. The summed E-state index contributed by atoms with van der Waals surface area (Å²) in [5.41, 5.74) is 3.69. The molecule has 4 aromatic rings. The topological polar surface area (TPSA) is 76.7 Å². The van der Waals surface area contributed by atoms with Crippen LogP contribution in [0.25, 0.3) is 28.2 Å². The number of fused-ring (bicyclic) bond motifs is 1. The zero-order valence-corrected chi connectivity index (χ0v) is 18.1. The molecule has 2 aromatic carbocycles. The van der Waals surface area contributed by atoms with E-state index in [9.17, 15) is 4.79 Å². The van der Waals surface area contributed by atoms with E-state index in [1.165, 1.54) is 11.8 Å². The number of furan rings is 1. The number of nitrogens with zero attached hydrogens (tertiary/aromatic N) is 2. The van der Waals surface area contributed by atoms with Crippen molar-refractivity contribution in [1.82, 2.24) is 10.3 Å². The standard InChI is InChI=1S/C25H19N3O3S/c1-30-19-9-7-17(8-10-19)21-15-26-14-18-11-20(31-23(18)21)12-22-24(29)28-25(32-22)27-13-16-5-3-2-4-6-16/h2-12,14-15H,13H2,1H3,(H,27,28,29)/b22-12+. The Morgan fingerprint density at radius 3 is 2.69 bits per heavy atom. The summed E-state index contributed by atoms with van der Waals surface area (Å²) >= 11 is 1.31. The van der Waals surface area contributed by atoms with E-state index in [2.05, 4.69) is 15.3 Å². The summed E-state index contributed by atoms with van der Waals surface area (Å²) in [6.07, 6.45) is 5.25. The molecule has 0 bridgehead atoms. The lowest BCUT2D eigenvalue weighted by Gasteiger charge is -2.04. The largest absolute Gasteiger partial charge is 0.497 e. The zero-order chi connectivity index (χ0) is 21.9. The second kappa shape index (κ2) is 8.72. The van der Waals surface area contributed by atoms with Crippen molar-refractivity contribution in [1.29, 1.82) is 0 Å². The minimum atomic E-state index is -0.278. The fraction of sp³-hybridized carbons (Fsp3) is 0.0800. The maximum atomic E-state index is 12.4. The van der Waals surface area contributed by atoms with Gasteiger partial charge in [0.1, 0.15) is 17.1 Å². The molecule has 158 valence electrons. The summed E-state index contributed by atoms with van der Waals surface area (Å²) in [6, 6.07) is 19.6. The van der Waals surface area contributed by atoms with Gasteiger partial charge >= 0.3 is 0 Å². The van der Waals surface area contributed by atoms with E-state index in [0.717, 1.165) is 33.4 Å². The minimum Gasteiger partial charge on any atom is -0.497 e. The average molecular weight is 442 g/mol. The summed E-state index contributed by atoms with van der Waals surface area (Å²) in [5, 5.41) is 4.66. The molecule has 0 fully saturated rings. The number of carbonyl (C=O) groups excluding carboxylic acids is 1. The predicted molar refractivity (Wildman–Crippen MR) is 127 cm³/mol. The molecule has 3 heterocycles. The van der Waals surface area contributed by atoms with Gasteiger partial charge in [0, 0.05) is 36.0 Å². The molecule has 1 N–H and O–H groups in total. The number of aliphatic imine (C=N–C) groups is 1. The molecule has 1 aliphatic heterocycles. The van der Waals surface area contributed by atoms with Crippen LogP contribution >= 0.6 is 11.8 Å². The van der Waals surface area contributed by atoms with Gasteiger partial charge in [0.15, 0.2) is 5.17 Å². The van der Waals surface area contributed by atoms with E-state index in [1.54, 1.807) is 25.6 Å². The molecule has 7 heteroatoms. The van der Waals surface area contributed by atoms with E-state index in [4.69, 9.17) is 9.15 Å². The van der Waals surface area contributed by atoms with Gasteiger partial charge in [-0.25, -0.2) is 0 Å². The Kier molecular flexibility index (Phi) is 5.47. The number of benzene rings is 2. The van der Waals surface area contributed by atoms with Crippen LogP contribution in [0.15, 0.2) is 87.4 Å². The highest BCUT2D eigenvalue weighted by atomic mass is 32.2. The Morgan fingerprint density at radius 2 is 1.91 bits per heavy atom. The van der Waals surface area contributed by atoms with Gasteiger partial charge in [0.05, 0.1) is 12.0 Å². The first kappa shape index (κ1) is 20.1. The third-order valence-corrected chi connectivity index (χ3v) is 5.96. The summed E-state index contributed by atoms with van der Waals surface area (Å²) in [5.74, 6) is 1.09. The van der Waals surface area contributed by atoms with E-state index in [1.807, 2.05) is 60.7 Å². The summed E-state index contributed by atoms with van der Waals surface area (Å²) in [4.78, 5) is 21.3. The van der Waals surface area contributed by atoms with Gasteiger partial charge in [-0.2, -0.15) is 4.99 Å². The Hall–Kier alpha value is -3.84. The Labute approximate surface area is 189 Å². The number of rotatable bonds is 5. The first-order chi connectivity index (χ1) is 15.7. The van der Waals surface area contributed by atoms with Gasteiger partial charge in [-0.05, 0) is 41.1 Å². The molecule has 2 aromatic heterocycles. The number of pyridine rings is 1. The maximum Gasteiger partial charge on any atom is 0.286 e. The molecule has 0 saturated heterocycles. The van der Waals surface area contributed by atoms with E-state index < -0.39 is 0 Å². The van der Waals surface area contributed by atoms with Crippen molar-refractivity contribution < 1.29 is 13.9 Å². The molecule has 0 unspecified atom stereocenters. The highest BCUT2D eigenvalue weighted by molar-refractivity contribution is 8.18. The van der Waals surface area contributed by atoms with Gasteiger partial charge in [-0.1, -0.05) is 42.5 Å². The van der Waals surface area contributed by atoms with Crippen LogP contribution in [0, 0.1) is 0 Å². The van der Waals surface area contributed by atoms with E-state index >= 15 is 0 Å². The lowest BCUT2D eigenvalue weighted by molar-refractivity contribution is -0.113. The second-order valence-electron chi connectivity index (χ2n) is 7.15. The van der Waals surface area contributed by atoms with Crippen molar-refractivity contribution in [3.8, 4) is 16.9 Å². The van der Waals surface area contributed by atoms with Gasteiger partial charge in [-0.3, -0.25) is 9.78 Å². The van der Waals surface area contributed by atoms with Gasteiger partial charge in [-0.15, -0.1) is 0 Å². The van der Waals surface area contributed by atoms with Crippen molar-refractivity contribution in [2.45, 2.75) is 6.54 Å². The number of ether oxygens (including phenoxy) is 1. The van der Waals surface area contributed by atoms with Crippen LogP contribution < -0.4 is 10.1 Å². The van der Waals surface area contributed by atoms with Crippen molar-refractivity contribution in [3.63, 3.8) is 0 Å². The molecule has 0 saturated carbocycles. The molecule has 0 radical (unpaired) electrons. The molecule has 6 nitrogen and oxygen atoms in total. The first-order valence-corrected chi connectivity index (χ1v) is 10.8. The Bertz CT molecular complexity index is 1340. The van der Waals surface area contributed by atoms with E-state index in [-0.39, 0.29) is 5.91 Å². The van der Waals surface area contributed by atoms with E-state index in [0.29, 0.717) is 22.4 Å². The van der Waals surface area contributed by atoms with Crippen molar-refractivity contribution in [3.05, 3.63) is 89.3 Å². The number of amides is 1. The number of aromatic nitrogens is 1.